The zero-order valence-corrected chi connectivity index (χ0v) is 19.9. The highest BCUT2D eigenvalue weighted by Gasteiger charge is 2.45. The minimum atomic E-state index is -0.853. The highest BCUT2D eigenvalue weighted by molar-refractivity contribution is 6.16. The molecule has 182 valence electrons. The van der Waals surface area contributed by atoms with E-state index in [-0.39, 0.29) is 23.7 Å². The molecule has 1 amide bonds. The van der Waals surface area contributed by atoms with Gasteiger partial charge in [-0.25, -0.2) is 4.98 Å². The summed E-state index contributed by atoms with van der Waals surface area (Å²) in [6, 6.07) is 21.1. The summed E-state index contributed by atoms with van der Waals surface area (Å²) in [5.41, 5.74) is 2.98. The van der Waals surface area contributed by atoms with Crippen molar-refractivity contribution in [3.05, 3.63) is 95.3 Å². The molecule has 0 aliphatic carbocycles. The number of benzene rings is 3. The Balaban J connectivity index is 1.55. The van der Waals surface area contributed by atoms with Gasteiger partial charge < -0.3 is 19.6 Å². The fourth-order valence-corrected chi connectivity index (χ4v) is 4.46. The maximum absolute atomic E-state index is 13.4. The summed E-state index contributed by atoms with van der Waals surface area (Å²) in [7, 11) is 3.13. The van der Waals surface area contributed by atoms with Crippen LogP contribution >= 0.6 is 0 Å². The number of H-pyrrole nitrogens is 1. The van der Waals surface area contributed by atoms with E-state index in [0.717, 1.165) is 5.56 Å². The van der Waals surface area contributed by atoms with Crippen LogP contribution < -0.4 is 14.4 Å². The van der Waals surface area contributed by atoms with Gasteiger partial charge in [0.15, 0.2) is 11.5 Å². The number of amides is 1. The molecule has 1 aromatic heterocycles. The Morgan fingerprint density at radius 1 is 1.00 bits per heavy atom. The van der Waals surface area contributed by atoms with Crippen molar-refractivity contribution in [2.45, 2.75) is 18.9 Å². The van der Waals surface area contributed by atoms with Gasteiger partial charge in [0.05, 0.1) is 36.9 Å². The van der Waals surface area contributed by atoms with Gasteiger partial charge in [-0.15, -0.1) is 0 Å². The molecular weight excluding hydrogens is 458 g/mol. The normalized spacial score (nSPS) is 15.6. The van der Waals surface area contributed by atoms with E-state index in [2.05, 4.69) is 9.97 Å². The molecule has 8 heteroatoms. The minimum Gasteiger partial charge on any atom is -0.503 e. The molecule has 0 radical (unpaired) electrons. The van der Waals surface area contributed by atoms with E-state index in [1.165, 1.54) is 4.90 Å². The van der Waals surface area contributed by atoms with E-state index in [9.17, 15) is 14.7 Å². The van der Waals surface area contributed by atoms with Crippen molar-refractivity contribution in [1.29, 1.82) is 0 Å². The Morgan fingerprint density at radius 2 is 1.69 bits per heavy atom. The van der Waals surface area contributed by atoms with Crippen LogP contribution in [0.1, 0.15) is 23.6 Å². The lowest BCUT2D eigenvalue weighted by Gasteiger charge is -2.24. The first kappa shape index (κ1) is 23.2. The molecule has 0 saturated heterocycles. The van der Waals surface area contributed by atoms with Gasteiger partial charge in [-0.2, -0.15) is 0 Å². The average molecular weight is 484 g/mol. The predicted molar refractivity (Wildman–Crippen MR) is 135 cm³/mol. The van der Waals surface area contributed by atoms with Gasteiger partial charge in [-0.1, -0.05) is 42.5 Å². The number of nitrogens with one attached hydrogen (secondary N) is 1. The number of rotatable bonds is 8. The van der Waals surface area contributed by atoms with E-state index in [0.29, 0.717) is 34.5 Å². The maximum atomic E-state index is 13.4. The van der Waals surface area contributed by atoms with Crippen molar-refractivity contribution in [1.82, 2.24) is 9.97 Å². The van der Waals surface area contributed by atoms with Gasteiger partial charge in [0.2, 0.25) is 5.95 Å². The number of aliphatic hydroxyl groups is 1. The molecule has 2 N–H and O–H groups in total. The third kappa shape index (κ3) is 4.17. The van der Waals surface area contributed by atoms with Gasteiger partial charge in [-0.3, -0.25) is 14.5 Å². The topological polar surface area (TPSA) is 105 Å². The molecule has 1 aliphatic rings. The number of aliphatic hydroxyl groups excluding tert-OH is 1. The lowest BCUT2D eigenvalue weighted by Crippen LogP contribution is -2.32. The molecule has 1 unspecified atom stereocenters. The van der Waals surface area contributed by atoms with Crippen LogP contribution in [0.5, 0.6) is 11.5 Å². The number of methoxy groups -OCH3 is 2. The molecule has 5 rings (SSSR count). The third-order valence-electron chi connectivity index (χ3n) is 6.33. The first-order valence-electron chi connectivity index (χ1n) is 11.5. The SMILES string of the molecule is COc1ccc(C2C(C(=O)CCc3ccccc3)=C(O)C(=O)N2c2nc3ccc(OC)cc3[nH]2)cc1. The van der Waals surface area contributed by atoms with Crippen molar-refractivity contribution < 1.29 is 24.2 Å². The highest BCUT2D eigenvalue weighted by Crippen LogP contribution is 2.41. The van der Waals surface area contributed by atoms with Crippen LogP contribution in [0.25, 0.3) is 11.0 Å². The Labute approximate surface area is 207 Å². The van der Waals surface area contributed by atoms with Crippen LogP contribution in [-0.2, 0) is 16.0 Å². The summed E-state index contributed by atoms with van der Waals surface area (Å²) in [6.45, 7) is 0. The number of Topliss-reactive ketones (excluding diaryl/α,β-unsaturated/α-hetero) is 1. The molecular formula is C28H25N3O5. The number of fused-ring (bicyclic) bond motifs is 1. The number of ether oxygens (including phenoxy) is 2. The van der Waals surface area contributed by atoms with E-state index in [1.807, 2.05) is 30.3 Å². The van der Waals surface area contributed by atoms with Crippen molar-refractivity contribution in [3.63, 3.8) is 0 Å². The number of ketones is 1. The standard InChI is InChI=1S/C28H25N3O5/c1-35-19-11-9-18(10-12-19)25-24(23(32)15-8-17-6-4-3-5-7-17)26(33)27(34)31(25)28-29-21-14-13-20(36-2)16-22(21)30-28/h3-7,9-14,16,25,33H,8,15H2,1-2H3,(H,29,30). The van der Waals surface area contributed by atoms with Crippen LogP contribution in [0.15, 0.2) is 84.1 Å². The third-order valence-corrected chi connectivity index (χ3v) is 6.33. The quantitative estimate of drug-likeness (QED) is 0.377. The first-order chi connectivity index (χ1) is 17.5. The number of aryl methyl sites for hydroxylation is 1. The van der Waals surface area contributed by atoms with Crippen LogP contribution in [0.3, 0.4) is 0 Å². The van der Waals surface area contributed by atoms with E-state index in [4.69, 9.17) is 9.47 Å². The molecule has 8 nitrogen and oxygen atoms in total. The molecule has 1 aliphatic heterocycles. The number of anilines is 1. The molecule has 4 aromatic rings. The second-order valence-corrected chi connectivity index (χ2v) is 8.47. The van der Waals surface area contributed by atoms with Gasteiger partial charge >= 0.3 is 0 Å². The Hall–Kier alpha value is -4.59. The van der Waals surface area contributed by atoms with Gasteiger partial charge in [-0.05, 0) is 41.8 Å². The molecule has 0 fully saturated rings. The van der Waals surface area contributed by atoms with Crippen molar-refractivity contribution >= 4 is 28.7 Å². The number of carbonyl (C=O) groups is 2. The van der Waals surface area contributed by atoms with Crippen LogP contribution in [0.4, 0.5) is 5.95 Å². The lowest BCUT2D eigenvalue weighted by molar-refractivity contribution is -0.118. The smallest absolute Gasteiger partial charge is 0.296 e. The molecule has 0 saturated carbocycles. The molecule has 1 atom stereocenters. The second kappa shape index (κ2) is 9.58. The molecule has 36 heavy (non-hydrogen) atoms. The molecule has 3 aromatic carbocycles. The lowest BCUT2D eigenvalue weighted by atomic mass is 9.93. The number of imidazole rings is 1. The fraction of sp³-hybridized carbons (Fsp3) is 0.179. The zero-order valence-electron chi connectivity index (χ0n) is 19.9. The summed E-state index contributed by atoms with van der Waals surface area (Å²) in [6.07, 6.45) is 0.638. The number of nitrogens with zero attached hydrogens (tertiary/aromatic N) is 2. The zero-order chi connectivity index (χ0) is 25.2. The van der Waals surface area contributed by atoms with Crippen LogP contribution in [0, 0.1) is 0 Å². The average Bonchev–Trinajstić information content (AvgIpc) is 3.45. The van der Waals surface area contributed by atoms with Crippen molar-refractivity contribution in [2.75, 3.05) is 19.1 Å². The number of aromatic nitrogens is 2. The fourth-order valence-electron chi connectivity index (χ4n) is 4.46. The second-order valence-electron chi connectivity index (χ2n) is 8.47. The van der Waals surface area contributed by atoms with Gasteiger partial charge in [0.25, 0.3) is 5.91 Å². The number of carbonyl (C=O) groups excluding carboxylic acids is 2. The predicted octanol–water partition coefficient (Wildman–Crippen LogP) is 4.68. The maximum Gasteiger partial charge on any atom is 0.296 e. The van der Waals surface area contributed by atoms with Crippen molar-refractivity contribution in [2.24, 2.45) is 0 Å². The largest absolute Gasteiger partial charge is 0.503 e. The first-order valence-corrected chi connectivity index (χ1v) is 11.5. The number of aromatic amines is 1. The van der Waals surface area contributed by atoms with Crippen LogP contribution in [-0.4, -0.2) is 41.0 Å². The van der Waals surface area contributed by atoms with E-state index >= 15 is 0 Å². The summed E-state index contributed by atoms with van der Waals surface area (Å²) in [5.74, 6) is -0.0605. The van der Waals surface area contributed by atoms with Gasteiger partial charge in [0.1, 0.15) is 11.5 Å². The monoisotopic (exact) mass is 483 g/mol. The number of hydrogen-bond donors (Lipinski definition) is 2. The van der Waals surface area contributed by atoms with Gasteiger partial charge in [0, 0.05) is 12.5 Å². The Kier molecular flexibility index (Phi) is 6.16. The molecule has 2 heterocycles. The van der Waals surface area contributed by atoms with Crippen molar-refractivity contribution in [3.8, 4) is 11.5 Å². The Morgan fingerprint density at radius 3 is 2.39 bits per heavy atom. The summed E-state index contributed by atoms with van der Waals surface area (Å²) < 4.78 is 10.6. The minimum absolute atomic E-state index is 0.0548. The highest BCUT2D eigenvalue weighted by atomic mass is 16.5. The summed E-state index contributed by atoms with van der Waals surface area (Å²) >= 11 is 0. The number of hydrogen-bond acceptors (Lipinski definition) is 6. The summed E-state index contributed by atoms with van der Waals surface area (Å²) in [4.78, 5) is 35.9. The molecule has 0 spiro atoms. The van der Waals surface area contributed by atoms with E-state index in [1.54, 1.807) is 56.7 Å². The van der Waals surface area contributed by atoms with E-state index < -0.39 is 17.7 Å². The summed E-state index contributed by atoms with van der Waals surface area (Å²) in [5, 5.41) is 10.9. The Bertz CT molecular complexity index is 1460. The molecule has 0 bridgehead atoms. The van der Waals surface area contributed by atoms with Crippen LogP contribution in [0.2, 0.25) is 0 Å².